The third-order valence-corrected chi connectivity index (χ3v) is 6.76. The van der Waals surface area contributed by atoms with E-state index in [1.165, 1.54) is 11.3 Å². The number of benzene rings is 2. The number of nitrogens with zero attached hydrogens (tertiary/aromatic N) is 4. The molecule has 2 aromatic carbocycles. The molecule has 6 aromatic rings. The van der Waals surface area contributed by atoms with Gasteiger partial charge in [0.1, 0.15) is 29.4 Å². The second-order valence-corrected chi connectivity index (χ2v) is 9.27. The zero-order valence-corrected chi connectivity index (χ0v) is 21.0. The molecule has 0 fully saturated rings. The highest BCUT2D eigenvalue weighted by Gasteiger charge is 2.17. The standard InChI is InChI=1S/C27H21FN4O4S/c1-15-7-8-19(25(28)29-15)17-6-4-5-16(9-17)14-35-22-10-18(33-2)11-23-20(22)12-24(36-23)21-13-32-26(30-21)37-27(31-32)34-3/h4-13H,14H2,1-3H3. The molecule has 0 amide bonds. The maximum Gasteiger partial charge on any atom is 0.294 e. The number of ether oxygens (including phenoxy) is 3. The quantitative estimate of drug-likeness (QED) is 0.230. The molecule has 0 spiro atoms. The highest BCUT2D eigenvalue weighted by molar-refractivity contribution is 7.18. The van der Waals surface area contributed by atoms with Crippen LogP contribution in [0.25, 0.3) is 38.5 Å². The molecular formula is C27H21FN4O4S. The summed E-state index contributed by atoms with van der Waals surface area (Å²) in [6, 6.07) is 16.6. The number of pyridine rings is 1. The second-order valence-electron chi connectivity index (χ2n) is 8.35. The smallest absolute Gasteiger partial charge is 0.294 e. The summed E-state index contributed by atoms with van der Waals surface area (Å²) in [5.41, 5.74) is 3.94. The lowest BCUT2D eigenvalue weighted by Crippen LogP contribution is -1.97. The number of furan rings is 1. The third kappa shape index (κ3) is 4.36. The molecule has 37 heavy (non-hydrogen) atoms. The van der Waals surface area contributed by atoms with Crippen molar-refractivity contribution in [3.05, 3.63) is 78.0 Å². The number of hydrogen-bond acceptors (Lipinski definition) is 8. The van der Waals surface area contributed by atoms with Gasteiger partial charge in [0.05, 0.1) is 25.8 Å². The van der Waals surface area contributed by atoms with Gasteiger partial charge in [-0.2, -0.15) is 4.39 Å². The summed E-state index contributed by atoms with van der Waals surface area (Å²) in [6.07, 6.45) is 1.79. The number of fused-ring (bicyclic) bond motifs is 2. The molecule has 4 heterocycles. The summed E-state index contributed by atoms with van der Waals surface area (Å²) in [7, 11) is 3.16. The molecule has 4 aromatic heterocycles. The molecule has 0 radical (unpaired) electrons. The molecular weight excluding hydrogens is 495 g/mol. The van der Waals surface area contributed by atoms with Crippen LogP contribution in [-0.4, -0.2) is 33.8 Å². The van der Waals surface area contributed by atoms with Crippen molar-refractivity contribution >= 4 is 27.3 Å². The molecule has 186 valence electrons. The summed E-state index contributed by atoms with van der Waals surface area (Å²) in [5, 5.41) is 5.63. The minimum Gasteiger partial charge on any atom is -0.496 e. The van der Waals surface area contributed by atoms with Gasteiger partial charge in [0, 0.05) is 23.4 Å². The number of hydrogen-bond donors (Lipinski definition) is 0. The van der Waals surface area contributed by atoms with Crippen LogP contribution in [0.15, 0.2) is 65.2 Å². The van der Waals surface area contributed by atoms with Crippen LogP contribution in [0.3, 0.4) is 0 Å². The fraction of sp³-hybridized carbons (Fsp3) is 0.148. The Morgan fingerprint density at radius 1 is 1.03 bits per heavy atom. The number of methoxy groups -OCH3 is 2. The first kappa shape index (κ1) is 23.0. The third-order valence-electron chi connectivity index (χ3n) is 5.88. The van der Waals surface area contributed by atoms with E-state index in [9.17, 15) is 4.39 Å². The maximum absolute atomic E-state index is 14.4. The average molecular weight is 517 g/mol. The van der Waals surface area contributed by atoms with E-state index in [4.69, 9.17) is 18.6 Å². The van der Waals surface area contributed by atoms with Crippen LogP contribution in [0.5, 0.6) is 16.7 Å². The van der Waals surface area contributed by atoms with Gasteiger partial charge in [-0.1, -0.05) is 18.2 Å². The number of rotatable bonds is 7. The highest BCUT2D eigenvalue weighted by Crippen LogP contribution is 2.37. The Hall–Kier alpha value is -4.44. The van der Waals surface area contributed by atoms with E-state index >= 15 is 0 Å². The Labute approximate surface area is 214 Å². The van der Waals surface area contributed by atoms with E-state index in [2.05, 4.69) is 15.1 Å². The van der Waals surface area contributed by atoms with Crippen LogP contribution < -0.4 is 14.2 Å². The van der Waals surface area contributed by atoms with Crippen molar-refractivity contribution in [2.75, 3.05) is 14.2 Å². The van der Waals surface area contributed by atoms with Gasteiger partial charge in [0.15, 0.2) is 5.76 Å². The van der Waals surface area contributed by atoms with Crippen molar-refractivity contribution in [2.24, 2.45) is 0 Å². The van der Waals surface area contributed by atoms with Crippen molar-refractivity contribution < 1.29 is 23.0 Å². The fourth-order valence-corrected chi connectivity index (χ4v) is 4.76. The van der Waals surface area contributed by atoms with Gasteiger partial charge >= 0.3 is 0 Å². The molecule has 0 N–H and O–H groups in total. The van der Waals surface area contributed by atoms with E-state index in [1.54, 1.807) is 50.1 Å². The zero-order valence-electron chi connectivity index (χ0n) is 20.2. The average Bonchev–Trinajstić information content (AvgIpc) is 3.60. The molecule has 8 nitrogen and oxygen atoms in total. The first-order valence-corrected chi connectivity index (χ1v) is 12.2. The molecule has 6 rings (SSSR count). The van der Waals surface area contributed by atoms with Crippen LogP contribution in [0.4, 0.5) is 4.39 Å². The largest absolute Gasteiger partial charge is 0.496 e. The Kier molecular flexibility index (Phi) is 5.72. The molecule has 10 heteroatoms. The lowest BCUT2D eigenvalue weighted by atomic mass is 10.0. The van der Waals surface area contributed by atoms with Gasteiger partial charge in [0.25, 0.3) is 5.19 Å². The van der Waals surface area contributed by atoms with E-state index in [0.29, 0.717) is 49.9 Å². The summed E-state index contributed by atoms with van der Waals surface area (Å²) in [6.45, 7) is 2.03. The Bertz CT molecular complexity index is 1730. The van der Waals surface area contributed by atoms with Gasteiger partial charge in [-0.3, -0.25) is 0 Å². The van der Waals surface area contributed by atoms with Crippen molar-refractivity contribution in [3.63, 3.8) is 0 Å². The first-order valence-electron chi connectivity index (χ1n) is 11.4. The van der Waals surface area contributed by atoms with E-state index in [1.807, 2.05) is 36.4 Å². The first-order chi connectivity index (χ1) is 18.0. The maximum atomic E-state index is 14.4. The zero-order chi connectivity index (χ0) is 25.5. The van der Waals surface area contributed by atoms with Crippen molar-refractivity contribution in [3.8, 4) is 39.3 Å². The molecule has 0 aliphatic carbocycles. The molecule has 0 aliphatic rings. The number of aryl methyl sites for hydroxylation is 1. The topological polar surface area (TPSA) is 83.9 Å². The number of aromatic nitrogens is 4. The summed E-state index contributed by atoms with van der Waals surface area (Å²) < 4.78 is 39.0. The number of imidazole rings is 1. The Balaban J connectivity index is 1.30. The van der Waals surface area contributed by atoms with Crippen LogP contribution >= 0.6 is 11.3 Å². The Morgan fingerprint density at radius 2 is 1.92 bits per heavy atom. The molecule has 0 unspecified atom stereocenters. The SMILES string of the molecule is COc1cc(OCc2cccc(-c3ccc(C)nc3F)c2)c2cc(-c3cn4nc(OC)sc4n3)oc2c1. The predicted molar refractivity (Wildman–Crippen MR) is 138 cm³/mol. The second kappa shape index (κ2) is 9.21. The van der Waals surface area contributed by atoms with Crippen LogP contribution in [0, 0.1) is 12.9 Å². The van der Waals surface area contributed by atoms with E-state index in [0.717, 1.165) is 16.5 Å². The highest BCUT2D eigenvalue weighted by atomic mass is 32.1. The molecule has 0 atom stereocenters. The van der Waals surface area contributed by atoms with E-state index in [-0.39, 0.29) is 6.61 Å². The van der Waals surface area contributed by atoms with Gasteiger partial charge in [-0.15, -0.1) is 5.10 Å². The van der Waals surface area contributed by atoms with Crippen LogP contribution in [-0.2, 0) is 6.61 Å². The Morgan fingerprint density at radius 3 is 2.70 bits per heavy atom. The van der Waals surface area contributed by atoms with Crippen molar-refractivity contribution in [1.29, 1.82) is 0 Å². The summed E-state index contributed by atoms with van der Waals surface area (Å²) >= 11 is 1.34. The predicted octanol–water partition coefficient (Wildman–Crippen LogP) is 6.31. The normalized spacial score (nSPS) is 11.4. The molecule has 0 aliphatic heterocycles. The van der Waals surface area contributed by atoms with Crippen LogP contribution in [0.1, 0.15) is 11.3 Å². The van der Waals surface area contributed by atoms with Crippen LogP contribution in [0.2, 0.25) is 0 Å². The van der Waals surface area contributed by atoms with Crippen molar-refractivity contribution in [2.45, 2.75) is 13.5 Å². The fourth-order valence-electron chi connectivity index (χ4n) is 4.06. The van der Waals surface area contributed by atoms with Gasteiger partial charge in [-0.05, 0) is 53.7 Å². The summed E-state index contributed by atoms with van der Waals surface area (Å²) in [4.78, 5) is 9.23. The minimum atomic E-state index is -0.494. The number of halogens is 1. The monoisotopic (exact) mass is 516 g/mol. The van der Waals surface area contributed by atoms with Gasteiger partial charge in [0.2, 0.25) is 10.9 Å². The van der Waals surface area contributed by atoms with Gasteiger partial charge < -0.3 is 18.6 Å². The molecule has 0 saturated heterocycles. The molecule has 0 saturated carbocycles. The van der Waals surface area contributed by atoms with Gasteiger partial charge in [-0.25, -0.2) is 14.5 Å². The van der Waals surface area contributed by atoms with E-state index < -0.39 is 5.95 Å². The summed E-state index contributed by atoms with van der Waals surface area (Å²) in [5.74, 6) is 1.28. The minimum absolute atomic E-state index is 0.265. The molecule has 0 bridgehead atoms. The lowest BCUT2D eigenvalue weighted by molar-refractivity contribution is 0.307. The van der Waals surface area contributed by atoms with Crippen molar-refractivity contribution in [1.82, 2.24) is 19.6 Å². The lowest BCUT2D eigenvalue weighted by Gasteiger charge is -2.11.